The molecule has 1 aliphatic rings. The molecule has 0 amide bonds. The fourth-order valence-electron chi connectivity index (χ4n) is 2.48. The zero-order valence-electron chi connectivity index (χ0n) is 12.6. The van der Waals surface area contributed by atoms with Crippen LogP contribution < -0.4 is 10.6 Å². The lowest BCUT2D eigenvalue weighted by atomic mass is 9.96. The van der Waals surface area contributed by atoms with Crippen LogP contribution >= 0.6 is 23.3 Å². The standard InChI is InChI=1S/C14H20N6S2/c1-10-14(22-20-19-10)21-6-5-16-13-7-12(17-9-18-13)11-3-2-4-15-8-11/h7,9,11,15H,2-6,8H2,1H3,(H,16,17,18)/t11-/m1/s1. The van der Waals surface area contributed by atoms with Gasteiger partial charge in [-0.1, -0.05) is 4.49 Å². The molecule has 22 heavy (non-hydrogen) atoms. The molecule has 0 saturated carbocycles. The van der Waals surface area contributed by atoms with Crippen LogP contribution in [0.5, 0.6) is 0 Å². The maximum Gasteiger partial charge on any atom is 0.129 e. The summed E-state index contributed by atoms with van der Waals surface area (Å²) in [5.74, 6) is 2.39. The van der Waals surface area contributed by atoms with Crippen molar-refractivity contribution >= 4 is 29.1 Å². The summed E-state index contributed by atoms with van der Waals surface area (Å²) in [6, 6.07) is 2.09. The number of rotatable bonds is 6. The first-order chi connectivity index (χ1) is 10.8. The Bertz CT molecular complexity index is 597. The third-order valence-corrected chi connectivity index (χ3v) is 5.82. The Morgan fingerprint density at radius 3 is 3.18 bits per heavy atom. The average molecular weight is 336 g/mol. The van der Waals surface area contributed by atoms with Gasteiger partial charge in [-0.25, -0.2) is 9.97 Å². The summed E-state index contributed by atoms with van der Waals surface area (Å²) in [5.41, 5.74) is 2.16. The number of nitrogens with one attached hydrogen (secondary N) is 2. The topological polar surface area (TPSA) is 75.6 Å². The zero-order chi connectivity index (χ0) is 15.2. The molecule has 0 aliphatic carbocycles. The Kier molecular flexibility index (Phi) is 5.58. The highest BCUT2D eigenvalue weighted by atomic mass is 32.2. The number of piperidine rings is 1. The zero-order valence-corrected chi connectivity index (χ0v) is 14.2. The van der Waals surface area contributed by atoms with Gasteiger partial charge in [0.25, 0.3) is 0 Å². The quantitative estimate of drug-likeness (QED) is 0.619. The van der Waals surface area contributed by atoms with Crippen molar-refractivity contribution in [2.24, 2.45) is 0 Å². The van der Waals surface area contributed by atoms with E-state index in [-0.39, 0.29) is 0 Å². The van der Waals surface area contributed by atoms with Crippen LogP contribution in [0.3, 0.4) is 0 Å². The van der Waals surface area contributed by atoms with Gasteiger partial charge in [-0.15, -0.1) is 16.9 Å². The molecule has 2 N–H and O–H groups in total. The molecule has 0 spiro atoms. The first kappa shape index (κ1) is 15.6. The molecule has 3 heterocycles. The van der Waals surface area contributed by atoms with E-state index in [0.29, 0.717) is 5.92 Å². The SMILES string of the molecule is Cc1nnsc1SCCNc1cc([C@@H]2CCCNC2)ncn1. The number of anilines is 1. The van der Waals surface area contributed by atoms with Crippen LogP contribution in [0.15, 0.2) is 16.6 Å². The van der Waals surface area contributed by atoms with Crippen LogP contribution in [0.1, 0.15) is 30.1 Å². The van der Waals surface area contributed by atoms with E-state index in [1.165, 1.54) is 28.6 Å². The smallest absolute Gasteiger partial charge is 0.129 e. The Morgan fingerprint density at radius 1 is 1.45 bits per heavy atom. The second-order valence-electron chi connectivity index (χ2n) is 5.29. The Morgan fingerprint density at radius 2 is 2.41 bits per heavy atom. The lowest BCUT2D eigenvalue weighted by Gasteiger charge is -2.22. The van der Waals surface area contributed by atoms with Crippen LogP contribution in [-0.4, -0.2) is 44.9 Å². The van der Waals surface area contributed by atoms with E-state index in [1.807, 2.05) is 6.92 Å². The first-order valence-electron chi connectivity index (χ1n) is 7.51. The molecule has 1 aliphatic heterocycles. The molecule has 118 valence electrons. The summed E-state index contributed by atoms with van der Waals surface area (Å²) in [6.07, 6.45) is 4.09. The van der Waals surface area contributed by atoms with Crippen molar-refractivity contribution < 1.29 is 0 Å². The first-order valence-corrected chi connectivity index (χ1v) is 9.27. The van der Waals surface area contributed by atoms with Gasteiger partial charge in [0.2, 0.25) is 0 Å². The number of hydrogen-bond donors (Lipinski definition) is 2. The van der Waals surface area contributed by atoms with E-state index in [2.05, 4.69) is 36.3 Å². The predicted molar refractivity (Wildman–Crippen MR) is 90.7 cm³/mol. The molecule has 1 saturated heterocycles. The van der Waals surface area contributed by atoms with Crippen molar-refractivity contribution in [2.45, 2.75) is 29.9 Å². The number of aromatic nitrogens is 4. The fourth-order valence-corrected chi connectivity index (χ4v) is 4.09. The minimum Gasteiger partial charge on any atom is -0.369 e. The second kappa shape index (κ2) is 7.85. The number of hydrogen-bond acceptors (Lipinski definition) is 8. The summed E-state index contributed by atoms with van der Waals surface area (Å²) < 4.78 is 5.14. The van der Waals surface area contributed by atoms with Crippen molar-refractivity contribution in [1.82, 2.24) is 24.9 Å². The molecule has 0 unspecified atom stereocenters. The highest BCUT2D eigenvalue weighted by molar-refractivity contribution is 8.01. The third kappa shape index (κ3) is 4.15. The van der Waals surface area contributed by atoms with E-state index in [0.717, 1.165) is 42.6 Å². The van der Waals surface area contributed by atoms with E-state index in [4.69, 9.17) is 0 Å². The summed E-state index contributed by atoms with van der Waals surface area (Å²) in [5, 5.41) is 10.8. The Balaban J connectivity index is 1.49. The van der Waals surface area contributed by atoms with Crippen LogP contribution in [0, 0.1) is 6.92 Å². The molecular formula is C14H20N6S2. The normalized spacial score (nSPS) is 18.3. The molecule has 0 aromatic carbocycles. The average Bonchev–Trinajstić information content (AvgIpc) is 2.98. The third-order valence-electron chi connectivity index (χ3n) is 3.65. The van der Waals surface area contributed by atoms with Gasteiger partial charge in [-0.3, -0.25) is 0 Å². The summed E-state index contributed by atoms with van der Waals surface area (Å²) in [4.78, 5) is 8.74. The lowest BCUT2D eigenvalue weighted by Crippen LogP contribution is -2.28. The van der Waals surface area contributed by atoms with Crippen molar-refractivity contribution in [3.8, 4) is 0 Å². The molecule has 3 rings (SSSR count). The van der Waals surface area contributed by atoms with Gasteiger partial charge in [0.05, 0.1) is 11.4 Å². The monoisotopic (exact) mass is 336 g/mol. The minimum absolute atomic E-state index is 0.512. The minimum atomic E-state index is 0.512. The van der Waals surface area contributed by atoms with E-state index < -0.39 is 0 Å². The predicted octanol–water partition coefficient (Wildman–Crippen LogP) is 2.31. The van der Waals surface area contributed by atoms with Crippen LogP contribution in [0.25, 0.3) is 0 Å². The molecule has 1 atom stereocenters. The van der Waals surface area contributed by atoms with Gasteiger partial charge in [-0.05, 0) is 37.8 Å². The largest absolute Gasteiger partial charge is 0.369 e. The van der Waals surface area contributed by atoms with Gasteiger partial charge in [-0.2, -0.15) is 0 Å². The van der Waals surface area contributed by atoms with E-state index in [9.17, 15) is 0 Å². The maximum atomic E-state index is 4.43. The van der Waals surface area contributed by atoms with Crippen LogP contribution in [0.4, 0.5) is 5.82 Å². The lowest BCUT2D eigenvalue weighted by molar-refractivity contribution is 0.454. The molecular weight excluding hydrogens is 316 g/mol. The number of nitrogens with zero attached hydrogens (tertiary/aromatic N) is 4. The van der Waals surface area contributed by atoms with E-state index in [1.54, 1.807) is 18.1 Å². The molecule has 8 heteroatoms. The van der Waals surface area contributed by atoms with Gasteiger partial charge in [0.1, 0.15) is 16.4 Å². The number of aryl methyl sites for hydroxylation is 1. The second-order valence-corrected chi connectivity index (χ2v) is 7.41. The summed E-state index contributed by atoms with van der Waals surface area (Å²) >= 11 is 3.24. The number of thioether (sulfide) groups is 1. The van der Waals surface area contributed by atoms with Gasteiger partial charge in [0.15, 0.2) is 0 Å². The molecule has 2 aromatic rings. The molecule has 2 aromatic heterocycles. The molecule has 6 nitrogen and oxygen atoms in total. The van der Waals surface area contributed by atoms with Crippen LogP contribution in [-0.2, 0) is 0 Å². The highest BCUT2D eigenvalue weighted by Crippen LogP contribution is 2.24. The summed E-state index contributed by atoms with van der Waals surface area (Å²) in [6.45, 7) is 5.00. The fraction of sp³-hybridized carbons (Fsp3) is 0.571. The van der Waals surface area contributed by atoms with Gasteiger partial charge in [0, 0.05) is 30.8 Å². The maximum absolute atomic E-state index is 4.43. The highest BCUT2D eigenvalue weighted by Gasteiger charge is 2.16. The van der Waals surface area contributed by atoms with E-state index >= 15 is 0 Å². The summed E-state index contributed by atoms with van der Waals surface area (Å²) in [7, 11) is 0. The molecule has 0 radical (unpaired) electrons. The molecule has 0 bridgehead atoms. The van der Waals surface area contributed by atoms with Crippen LogP contribution in [0.2, 0.25) is 0 Å². The van der Waals surface area contributed by atoms with Crippen molar-refractivity contribution in [2.75, 3.05) is 30.7 Å². The van der Waals surface area contributed by atoms with Gasteiger partial charge < -0.3 is 10.6 Å². The van der Waals surface area contributed by atoms with Gasteiger partial charge >= 0.3 is 0 Å². The van der Waals surface area contributed by atoms with Crippen molar-refractivity contribution in [1.29, 1.82) is 0 Å². The molecule has 1 fully saturated rings. The Hall–Kier alpha value is -1.25. The Labute approximate surface area is 138 Å². The van der Waals surface area contributed by atoms with Crippen molar-refractivity contribution in [3.63, 3.8) is 0 Å². The van der Waals surface area contributed by atoms with Crippen molar-refractivity contribution in [3.05, 3.63) is 23.8 Å².